The van der Waals surface area contributed by atoms with E-state index in [1.165, 1.54) is 4.90 Å². The number of nitrogens with zero attached hydrogens (tertiary/aromatic N) is 6. The average Bonchev–Trinajstić information content (AvgIpc) is 3.12. The van der Waals surface area contributed by atoms with Gasteiger partial charge in [-0.25, -0.2) is 14.8 Å². The van der Waals surface area contributed by atoms with Crippen molar-refractivity contribution < 1.29 is 14.3 Å². The number of hydrogen-bond acceptors (Lipinski definition) is 7. The molecule has 31 heavy (non-hydrogen) atoms. The van der Waals surface area contributed by atoms with E-state index in [0.717, 1.165) is 13.1 Å². The predicted molar refractivity (Wildman–Crippen MR) is 113 cm³/mol. The smallest absolute Gasteiger partial charge is 0.315 e. The van der Waals surface area contributed by atoms with Gasteiger partial charge < -0.3 is 25.6 Å². The maximum atomic E-state index is 13.2. The first-order valence-corrected chi connectivity index (χ1v) is 10.3. The van der Waals surface area contributed by atoms with Crippen LogP contribution in [0.25, 0.3) is 11.3 Å². The Balaban J connectivity index is 1.71. The third-order valence-electron chi connectivity index (χ3n) is 5.21. The Kier molecular flexibility index (Phi) is 5.52. The number of nitrogens with two attached hydrogens (primary N) is 1. The molecular formula is C20H28N8O3. The summed E-state index contributed by atoms with van der Waals surface area (Å²) >= 11 is 0. The minimum atomic E-state index is -0.519. The largest absolute Gasteiger partial charge is 0.378 e. The van der Waals surface area contributed by atoms with E-state index < -0.39 is 11.6 Å². The van der Waals surface area contributed by atoms with Crippen molar-refractivity contribution in [3.05, 3.63) is 23.7 Å². The minimum absolute atomic E-state index is 0.224. The van der Waals surface area contributed by atoms with Gasteiger partial charge in [-0.1, -0.05) is 0 Å². The van der Waals surface area contributed by atoms with Crippen molar-refractivity contribution in [2.24, 2.45) is 5.73 Å². The van der Waals surface area contributed by atoms with Crippen LogP contribution in [-0.4, -0.2) is 75.0 Å². The van der Waals surface area contributed by atoms with Gasteiger partial charge in [-0.05, 0) is 20.8 Å². The van der Waals surface area contributed by atoms with Crippen LogP contribution in [0.3, 0.4) is 0 Å². The third kappa shape index (κ3) is 4.46. The molecule has 4 heterocycles. The van der Waals surface area contributed by atoms with Gasteiger partial charge in [0.2, 0.25) is 5.95 Å². The Morgan fingerprint density at radius 2 is 1.77 bits per heavy atom. The van der Waals surface area contributed by atoms with Crippen LogP contribution in [-0.2, 0) is 17.8 Å². The molecule has 3 N–H and O–H groups in total. The van der Waals surface area contributed by atoms with Crippen molar-refractivity contribution in [2.75, 3.05) is 37.7 Å². The average molecular weight is 428 g/mol. The number of primary amides is 1. The van der Waals surface area contributed by atoms with Crippen molar-refractivity contribution in [3.8, 4) is 11.3 Å². The van der Waals surface area contributed by atoms with Crippen LogP contribution in [0.15, 0.2) is 12.4 Å². The van der Waals surface area contributed by atoms with E-state index in [1.807, 2.05) is 20.8 Å². The van der Waals surface area contributed by atoms with Crippen LogP contribution >= 0.6 is 0 Å². The molecule has 3 amide bonds. The van der Waals surface area contributed by atoms with Gasteiger partial charge in [-0.2, -0.15) is 5.10 Å². The van der Waals surface area contributed by atoms with Crippen LogP contribution in [0.4, 0.5) is 10.7 Å². The first kappa shape index (κ1) is 21.0. The Morgan fingerprint density at radius 3 is 2.39 bits per heavy atom. The van der Waals surface area contributed by atoms with Crippen molar-refractivity contribution >= 4 is 17.9 Å². The highest BCUT2D eigenvalue weighted by atomic mass is 16.5. The van der Waals surface area contributed by atoms with E-state index in [9.17, 15) is 9.59 Å². The van der Waals surface area contributed by atoms with Crippen LogP contribution in [0.5, 0.6) is 0 Å². The van der Waals surface area contributed by atoms with Crippen molar-refractivity contribution in [3.63, 3.8) is 0 Å². The van der Waals surface area contributed by atoms with Crippen LogP contribution in [0.2, 0.25) is 0 Å². The standard InChI is InChI=1S/C20H28N8O3/c1-20(2,3)24-17(29)15-14-12-27(18(21)30)4-5-28(14)25-16(15)13-10-22-19(23-11-13)26-6-8-31-9-7-26/h10-11H,4-9,12H2,1-3H3,(H2,21,30)(H,24,29). The lowest BCUT2D eigenvalue weighted by atomic mass is 10.0. The zero-order valence-corrected chi connectivity index (χ0v) is 18.1. The van der Waals surface area contributed by atoms with Gasteiger partial charge >= 0.3 is 6.03 Å². The van der Waals surface area contributed by atoms with Gasteiger partial charge in [0.15, 0.2) is 0 Å². The van der Waals surface area contributed by atoms with Crippen LogP contribution in [0, 0.1) is 0 Å². The number of urea groups is 1. The van der Waals surface area contributed by atoms with Crippen LogP contribution < -0.4 is 16.0 Å². The molecule has 0 aromatic carbocycles. The van der Waals surface area contributed by atoms with Gasteiger partial charge in [0.05, 0.1) is 37.6 Å². The molecular weight excluding hydrogens is 400 g/mol. The number of amides is 3. The summed E-state index contributed by atoms with van der Waals surface area (Å²) in [5.41, 5.74) is 7.26. The molecule has 2 aliphatic heterocycles. The maximum absolute atomic E-state index is 13.2. The first-order chi connectivity index (χ1) is 14.7. The second-order valence-electron chi connectivity index (χ2n) is 8.73. The molecule has 1 saturated heterocycles. The fourth-order valence-corrected chi connectivity index (χ4v) is 3.72. The number of fused-ring (bicyclic) bond motifs is 1. The summed E-state index contributed by atoms with van der Waals surface area (Å²) in [6, 6.07) is -0.519. The summed E-state index contributed by atoms with van der Waals surface area (Å²) in [6.07, 6.45) is 3.37. The summed E-state index contributed by atoms with van der Waals surface area (Å²) < 4.78 is 7.14. The molecule has 1 fully saturated rings. The molecule has 0 spiro atoms. The molecule has 2 aromatic rings. The van der Waals surface area contributed by atoms with Gasteiger partial charge in [-0.3, -0.25) is 9.48 Å². The molecule has 2 aromatic heterocycles. The van der Waals surface area contributed by atoms with Crippen molar-refractivity contribution in [2.45, 2.75) is 39.4 Å². The van der Waals surface area contributed by atoms with E-state index in [1.54, 1.807) is 17.1 Å². The highest BCUT2D eigenvalue weighted by Gasteiger charge is 2.31. The third-order valence-corrected chi connectivity index (χ3v) is 5.21. The van der Waals surface area contributed by atoms with Gasteiger partial charge in [0.25, 0.3) is 5.91 Å². The Hall–Kier alpha value is -3.21. The second-order valence-corrected chi connectivity index (χ2v) is 8.73. The number of nitrogens with one attached hydrogen (secondary N) is 1. The highest BCUT2D eigenvalue weighted by Crippen LogP contribution is 2.29. The number of ether oxygens (including phenoxy) is 1. The summed E-state index contributed by atoms with van der Waals surface area (Å²) in [6.45, 7) is 9.63. The molecule has 0 unspecified atom stereocenters. The molecule has 166 valence electrons. The van der Waals surface area contributed by atoms with Crippen molar-refractivity contribution in [1.29, 1.82) is 0 Å². The molecule has 4 rings (SSSR count). The molecule has 0 aliphatic carbocycles. The number of carbonyl (C=O) groups excluding carboxylic acids is 2. The summed E-state index contributed by atoms with van der Waals surface area (Å²) in [5.74, 6) is 0.365. The zero-order chi connectivity index (χ0) is 22.2. The molecule has 0 bridgehead atoms. The number of carbonyl (C=O) groups is 2. The lowest BCUT2D eigenvalue weighted by molar-refractivity contribution is 0.0916. The van der Waals surface area contributed by atoms with E-state index in [4.69, 9.17) is 10.5 Å². The lowest BCUT2D eigenvalue weighted by Crippen LogP contribution is -2.44. The second kappa shape index (κ2) is 8.14. The monoisotopic (exact) mass is 428 g/mol. The van der Waals surface area contributed by atoms with E-state index in [0.29, 0.717) is 54.8 Å². The topological polar surface area (TPSA) is 132 Å². The number of hydrogen-bond donors (Lipinski definition) is 2. The summed E-state index contributed by atoms with van der Waals surface area (Å²) in [7, 11) is 0. The number of anilines is 1. The van der Waals surface area contributed by atoms with E-state index in [-0.39, 0.29) is 12.5 Å². The Labute approximate surface area is 180 Å². The quantitative estimate of drug-likeness (QED) is 0.732. The first-order valence-electron chi connectivity index (χ1n) is 10.3. The number of morpholine rings is 1. The predicted octanol–water partition coefficient (Wildman–Crippen LogP) is 0.599. The van der Waals surface area contributed by atoms with Crippen LogP contribution in [0.1, 0.15) is 36.8 Å². The zero-order valence-electron chi connectivity index (χ0n) is 18.1. The fraction of sp³-hybridized carbons (Fsp3) is 0.550. The number of aromatic nitrogens is 4. The summed E-state index contributed by atoms with van der Waals surface area (Å²) in [5, 5.41) is 7.67. The number of rotatable bonds is 3. The fourth-order valence-electron chi connectivity index (χ4n) is 3.72. The lowest BCUT2D eigenvalue weighted by Gasteiger charge is -2.27. The van der Waals surface area contributed by atoms with Gasteiger partial charge in [0, 0.05) is 43.1 Å². The van der Waals surface area contributed by atoms with Gasteiger partial charge in [0.1, 0.15) is 5.69 Å². The Morgan fingerprint density at radius 1 is 1.10 bits per heavy atom. The van der Waals surface area contributed by atoms with Crippen molar-refractivity contribution in [1.82, 2.24) is 30.0 Å². The van der Waals surface area contributed by atoms with Gasteiger partial charge in [-0.15, -0.1) is 0 Å². The normalized spacial score (nSPS) is 16.7. The SMILES string of the molecule is CC(C)(C)NC(=O)c1c(-c2cnc(N3CCOCC3)nc2)nn2c1CN(C(N)=O)CC2. The van der Waals surface area contributed by atoms with E-state index >= 15 is 0 Å². The summed E-state index contributed by atoms with van der Waals surface area (Å²) in [4.78, 5) is 37.5. The molecule has 11 heteroatoms. The molecule has 0 saturated carbocycles. The molecule has 0 atom stereocenters. The molecule has 11 nitrogen and oxygen atoms in total. The maximum Gasteiger partial charge on any atom is 0.315 e. The minimum Gasteiger partial charge on any atom is -0.378 e. The molecule has 2 aliphatic rings. The highest BCUT2D eigenvalue weighted by molar-refractivity contribution is 6.01. The Bertz CT molecular complexity index is 974. The van der Waals surface area contributed by atoms with E-state index in [2.05, 4.69) is 25.3 Å². The molecule has 0 radical (unpaired) electrons.